The third kappa shape index (κ3) is 1.16. The fourth-order valence-electron chi connectivity index (χ4n) is 2.78. The van der Waals surface area contributed by atoms with Gasteiger partial charge in [-0.1, -0.05) is 30.4 Å². The lowest BCUT2D eigenvalue weighted by Crippen LogP contribution is -2.43. The first kappa shape index (κ1) is 9.28. The molecule has 2 atom stereocenters. The highest BCUT2D eigenvalue weighted by Gasteiger charge is 2.50. The lowest BCUT2D eigenvalue weighted by atomic mass is 9.82. The molecule has 1 aliphatic carbocycles. The molecule has 2 unspecified atom stereocenters. The van der Waals surface area contributed by atoms with E-state index in [-0.39, 0.29) is 5.92 Å². The van der Waals surface area contributed by atoms with Gasteiger partial charge in [-0.25, -0.2) is 4.39 Å². The van der Waals surface area contributed by atoms with E-state index in [0.717, 1.165) is 24.1 Å². The summed E-state index contributed by atoms with van der Waals surface area (Å²) >= 11 is 5.15. The summed E-state index contributed by atoms with van der Waals surface area (Å²) in [5.41, 5.74) is 0.790. The number of halogens is 1. The van der Waals surface area contributed by atoms with Gasteiger partial charge in [0, 0.05) is 11.6 Å². The quantitative estimate of drug-likeness (QED) is 0.674. The van der Waals surface area contributed by atoms with Gasteiger partial charge in [0.05, 0.1) is 0 Å². The van der Waals surface area contributed by atoms with Gasteiger partial charge in [-0.3, -0.25) is 0 Å². The van der Waals surface area contributed by atoms with Crippen molar-refractivity contribution in [3.05, 3.63) is 29.8 Å². The zero-order chi connectivity index (χ0) is 10.5. The normalized spacial score (nSPS) is 33.1. The molecule has 1 N–H and O–H groups in total. The summed E-state index contributed by atoms with van der Waals surface area (Å²) < 4.78 is 14.6. The molecule has 1 aliphatic heterocycles. The first-order valence-electron chi connectivity index (χ1n) is 5.31. The predicted octanol–water partition coefficient (Wildman–Crippen LogP) is 3.42. The Kier molecular flexibility index (Phi) is 1.87. The van der Waals surface area contributed by atoms with Crippen LogP contribution >= 0.6 is 12.2 Å². The maximum atomic E-state index is 14.6. The Morgan fingerprint density at radius 3 is 3.07 bits per heavy atom. The first-order valence-corrected chi connectivity index (χ1v) is 5.72. The van der Waals surface area contributed by atoms with E-state index >= 15 is 0 Å². The van der Waals surface area contributed by atoms with E-state index in [9.17, 15) is 4.39 Å². The Bertz CT molecular complexity index is 431. The van der Waals surface area contributed by atoms with E-state index in [4.69, 9.17) is 12.2 Å². The summed E-state index contributed by atoms with van der Waals surface area (Å²) in [4.78, 5) is 0.378. The van der Waals surface area contributed by atoms with E-state index in [2.05, 4.69) is 5.32 Å². The average Bonchev–Trinajstić information content (AvgIpc) is 2.63. The van der Waals surface area contributed by atoms with E-state index in [1.807, 2.05) is 24.3 Å². The summed E-state index contributed by atoms with van der Waals surface area (Å²) in [5, 5.41) is 3.03. The van der Waals surface area contributed by atoms with Crippen LogP contribution in [0.1, 0.15) is 30.7 Å². The average molecular weight is 221 g/mol. The van der Waals surface area contributed by atoms with Crippen LogP contribution in [-0.2, 0) is 0 Å². The second kappa shape index (κ2) is 3.01. The molecular weight excluding hydrogens is 209 g/mol. The van der Waals surface area contributed by atoms with Crippen molar-refractivity contribution in [2.45, 2.75) is 30.8 Å². The van der Waals surface area contributed by atoms with Crippen LogP contribution in [0.2, 0.25) is 0 Å². The highest BCUT2D eigenvalue weighted by atomic mass is 32.1. The molecule has 0 spiro atoms. The van der Waals surface area contributed by atoms with Gasteiger partial charge in [0.15, 0.2) is 5.67 Å². The van der Waals surface area contributed by atoms with Gasteiger partial charge in [-0.2, -0.15) is 0 Å². The number of hydrogen-bond donors (Lipinski definition) is 1. The summed E-state index contributed by atoms with van der Waals surface area (Å²) in [6, 6.07) is 7.90. The molecule has 15 heavy (non-hydrogen) atoms. The van der Waals surface area contributed by atoms with Crippen molar-refractivity contribution in [3.63, 3.8) is 0 Å². The SMILES string of the molecule is FC12CCCC1c1ccccc1NC2=S. The molecule has 3 heteroatoms. The standard InChI is InChI=1S/C12H12FNS/c13-12-7-3-5-9(12)8-4-1-2-6-10(8)14-11(12)15/h1-2,4,6,9H,3,5,7H2,(H,14,15). The molecular formula is C12H12FNS. The molecule has 0 radical (unpaired) electrons. The molecule has 2 aliphatic rings. The molecule has 1 saturated carbocycles. The maximum Gasteiger partial charge on any atom is 0.167 e. The first-order chi connectivity index (χ1) is 7.22. The zero-order valence-corrected chi connectivity index (χ0v) is 9.11. The Balaban J connectivity index is 2.17. The second-order valence-corrected chi connectivity index (χ2v) is 4.76. The van der Waals surface area contributed by atoms with Gasteiger partial charge in [0.2, 0.25) is 0 Å². The minimum atomic E-state index is -1.29. The highest BCUT2D eigenvalue weighted by Crippen LogP contribution is 2.51. The number of anilines is 1. The highest BCUT2D eigenvalue weighted by molar-refractivity contribution is 7.80. The molecule has 0 bridgehead atoms. The van der Waals surface area contributed by atoms with E-state index in [1.165, 1.54) is 0 Å². The van der Waals surface area contributed by atoms with E-state index in [0.29, 0.717) is 11.4 Å². The molecule has 1 fully saturated rings. The van der Waals surface area contributed by atoms with Gasteiger partial charge >= 0.3 is 0 Å². The third-order valence-corrected chi connectivity index (χ3v) is 3.99. The predicted molar refractivity (Wildman–Crippen MR) is 63.1 cm³/mol. The summed E-state index contributed by atoms with van der Waals surface area (Å²) in [6.45, 7) is 0. The zero-order valence-electron chi connectivity index (χ0n) is 8.29. The molecule has 1 heterocycles. The molecule has 3 rings (SSSR count). The molecule has 0 amide bonds. The number of thiocarbonyl (C=S) groups is 1. The Labute approximate surface area is 93.7 Å². The summed E-state index contributed by atoms with van der Waals surface area (Å²) in [5.74, 6) is -0.0255. The summed E-state index contributed by atoms with van der Waals surface area (Å²) in [6.07, 6.45) is 2.41. The topological polar surface area (TPSA) is 12.0 Å². The third-order valence-electron chi connectivity index (χ3n) is 3.55. The smallest absolute Gasteiger partial charge is 0.167 e. The molecule has 1 nitrogen and oxygen atoms in total. The van der Waals surface area contributed by atoms with Crippen LogP contribution in [0.4, 0.5) is 10.1 Å². The van der Waals surface area contributed by atoms with Gasteiger partial charge in [-0.15, -0.1) is 0 Å². The van der Waals surface area contributed by atoms with Crippen molar-refractivity contribution in [1.82, 2.24) is 0 Å². The second-order valence-electron chi connectivity index (χ2n) is 4.35. The van der Waals surface area contributed by atoms with Crippen LogP contribution in [0.25, 0.3) is 0 Å². The van der Waals surface area contributed by atoms with Crippen molar-refractivity contribution in [1.29, 1.82) is 0 Å². The van der Waals surface area contributed by atoms with Gasteiger partial charge in [0.1, 0.15) is 4.99 Å². The van der Waals surface area contributed by atoms with E-state index in [1.54, 1.807) is 0 Å². The van der Waals surface area contributed by atoms with Crippen molar-refractivity contribution in [2.24, 2.45) is 0 Å². The van der Waals surface area contributed by atoms with Crippen LogP contribution in [0.3, 0.4) is 0 Å². The number of hydrogen-bond acceptors (Lipinski definition) is 1. The lowest BCUT2D eigenvalue weighted by molar-refractivity contribution is 0.237. The van der Waals surface area contributed by atoms with Crippen molar-refractivity contribution in [3.8, 4) is 0 Å². The number of fused-ring (bicyclic) bond motifs is 3. The van der Waals surface area contributed by atoms with Gasteiger partial charge in [-0.05, 0) is 30.9 Å². The molecule has 78 valence electrons. The Hall–Kier alpha value is -0.960. The minimum absolute atomic E-state index is 0.0255. The van der Waals surface area contributed by atoms with Crippen molar-refractivity contribution < 1.29 is 4.39 Å². The van der Waals surface area contributed by atoms with Crippen LogP contribution in [0.15, 0.2) is 24.3 Å². The van der Waals surface area contributed by atoms with Crippen LogP contribution in [0, 0.1) is 0 Å². The number of para-hydroxylation sites is 1. The molecule has 1 aromatic carbocycles. The van der Waals surface area contributed by atoms with Crippen LogP contribution in [-0.4, -0.2) is 10.7 Å². The van der Waals surface area contributed by atoms with Crippen LogP contribution in [0.5, 0.6) is 0 Å². The Morgan fingerprint density at radius 2 is 2.20 bits per heavy atom. The fourth-order valence-corrected chi connectivity index (χ4v) is 3.14. The lowest BCUT2D eigenvalue weighted by Gasteiger charge is -2.35. The summed E-state index contributed by atoms with van der Waals surface area (Å²) in [7, 11) is 0. The Morgan fingerprint density at radius 1 is 1.40 bits per heavy atom. The number of rotatable bonds is 0. The number of nitrogens with one attached hydrogen (secondary N) is 1. The van der Waals surface area contributed by atoms with Crippen molar-refractivity contribution in [2.75, 3.05) is 5.32 Å². The monoisotopic (exact) mass is 221 g/mol. The van der Waals surface area contributed by atoms with Gasteiger partial charge < -0.3 is 5.32 Å². The van der Waals surface area contributed by atoms with Gasteiger partial charge in [0.25, 0.3) is 0 Å². The molecule has 0 saturated heterocycles. The number of benzene rings is 1. The molecule has 1 aromatic rings. The minimum Gasteiger partial charge on any atom is -0.347 e. The molecule has 0 aromatic heterocycles. The van der Waals surface area contributed by atoms with Crippen molar-refractivity contribution >= 4 is 22.9 Å². The fraction of sp³-hybridized carbons (Fsp3) is 0.417. The number of alkyl halides is 1. The van der Waals surface area contributed by atoms with E-state index < -0.39 is 5.67 Å². The largest absolute Gasteiger partial charge is 0.347 e. The maximum absolute atomic E-state index is 14.6. The van der Waals surface area contributed by atoms with Crippen LogP contribution < -0.4 is 5.32 Å².